The van der Waals surface area contributed by atoms with Crippen LogP contribution in [0.15, 0.2) is 18.2 Å². The second-order valence-electron chi connectivity index (χ2n) is 6.06. The number of hydrogen-bond acceptors (Lipinski definition) is 3. The minimum absolute atomic E-state index is 0.108. The molecule has 0 spiro atoms. The number of rotatable bonds is 6. The average Bonchev–Trinajstić information content (AvgIpc) is 2.41. The van der Waals surface area contributed by atoms with Crippen molar-refractivity contribution >= 4 is 21.6 Å². The van der Waals surface area contributed by atoms with Crippen LogP contribution in [-0.4, -0.2) is 32.2 Å². The lowest BCUT2D eigenvalue weighted by Gasteiger charge is -2.32. The zero-order valence-corrected chi connectivity index (χ0v) is 14.7. The van der Waals surface area contributed by atoms with Crippen molar-refractivity contribution in [1.82, 2.24) is 5.32 Å². The lowest BCUT2D eigenvalue weighted by Crippen LogP contribution is -2.53. The molecule has 0 fully saturated rings. The van der Waals surface area contributed by atoms with Gasteiger partial charge in [0, 0.05) is 11.6 Å². The first-order valence-corrected chi connectivity index (χ1v) is 9.00. The van der Waals surface area contributed by atoms with Crippen LogP contribution in [0, 0.1) is 11.6 Å². The van der Waals surface area contributed by atoms with Crippen molar-refractivity contribution < 1.29 is 22.0 Å². The fourth-order valence-corrected chi connectivity index (χ4v) is 3.12. The molecule has 130 valence electrons. The molecule has 1 rings (SSSR count). The number of benzene rings is 1. The summed E-state index contributed by atoms with van der Waals surface area (Å²) < 4.78 is 51.3. The van der Waals surface area contributed by atoms with Crippen LogP contribution < -0.4 is 9.62 Å². The summed E-state index contributed by atoms with van der Waals surface area (Å²) in [5.74, 6) is -2.80. The standard InChI is InChI=1S/C15H22F2N2O3S/c1-6-15(3,4)18-14(20)10(2)19(23(5,21)22)11-7-8-12(16)13(17)9-11/h7-10H,6H2,1-5H3,(H,18,20). The number of sulfonamides is 1. The molecular formula is C15H22F2N2O3S. The van der Waals surface area contributed by atoms with Gasteiger partial charge in [-0.15, -0.1) is 0 Å². The van der Waals surface area contributed by atoms with E-state index in [-0.39, 0.29) is 5.69 Å². The Morgan fingerprint density at radius 1 is 1.30 bits per heavy atom. The lowest BCUT2D eigenvalue weighted by atomic mass is 10.0. The van der Waals surface area contributed by atoms with Crippen LogP contribution in [0.2, 0.25) is 0 Å². The van der Waals surface area contributed by atoms with Crippen LogP contribution in [0.3, 0.4) is 0 Å². The van der Waals surface area contributed by atoms with Gasteiger partial charge in [-0.3, -0.25) is 9.10 Å². The van der Waals surface area contributed by atoms with Gasteiger partial charge in [0.25, 0.3) is 0 Å². The maximum absolute atomic E-state index is 13.4. The Hall–Kier alpha value is -1.70. The van der Waals surface area contributed by atoms with Gasteiger partial charge in [0.15, 0.2) is 11.6 Å². The zero-order chi connectivity index (χ0) is 18.0. The maximum Gasteiger partial charge on any atom is 0.244 e. The summed E-state index contributed by atoms with van der Waals surface area (Å²) in [5, 5.41) is 2.74. The number of nitrogens with one attached hydrogen (secondary N) is 1. The van der Waals surface area contributed by atoms with Gasteiger partial charge in [-0.05, 0) is 39.3 Å². The van der Waals surface area contributed by atoms with Gasteiger partial charge in [0.05, 0.1) is 11.9 Å². The molecule has 1 aromatic carbocycles. The summed E-state index contributed by atoms with van der Waals surface area (Å²) in [6.07, 6.45) is 1.55. The Morgan fingerprint density at radius 2 is 1.87 bits per heavy atom. The minimum atomic E-state index is -3.87. The molecule has 0 heterocycles. The molecule has 0 aromatic heterocycles. The van der Waals surface area contributed by atoms with Gasteiger partial charge in [-0.1, -0.05) is 6.92 Å². The quantitative estimate of drug-likeness (QED) is 0.859. The first-order chi connectivity index (χ1) is 10.4. The normalized spacial score (nSPS) is 13.5. The predicted octanol–water partition coefficient (Wildman–Crippen LogP) is 2.42. The Bertz CT molecular complexity index is 690. The molecule has 0 saturated heterocycles. The predicted molar refractivity (Wildman–Crippen MR) is 85.7 cm³/mol. The largest absolute Gasteiger partial charge is 0.349 e. The summed E-state index contributed by atoms with van der Waals surface area (Å²) in [4.78, 5) is 12.3. The van der Waals surface area contributed by atoms with Gasteiger partial charge < -0.3 is 5.32 Å². The maximum atomic E-state index is 13.4. The molecule has 0 bridgehead atoms. The number of carbonyl (C=O) groups is 1. The smallest absolute Gasteiger partial charge is 0.244 e. The van der Waals surface area contributed by atoms with Crippen molar-refractivity contribution in [2.75, 3.05) is 10.6 Å². The number of halogens is 2. The topological polar surface area (TPSA) is 66.5 Å². The molecule has 1 N–H and O–H groups in total. The highest BCUT2D eigenvalue weighted by Gasteiger charge is 2.32. The van der Waals surface area contributed by atoms with E-state index in [2.05, 4.69) is 5.32 Å². The fraction of sp³-hybridized carbons (Fsp3) is 0.533. The Morgan fingerprint density at radius 3 is 2.30 bits per heavy atom. The van der Waals surface area contributed by atoms with Crippen LogP contribution in [0.1, 0.15) is 34.1 Å². The third-order valence-electron chi connectivity index (χ3n) is 3.59. The molecular weight excluding hydrogens is 326 g/mol. The Kier molecular flexibility index (Phi) is 5.74. The van der Waals surface area contributed by atoms with E-state index in [1.165, 1.54) is 6.92 Å². The first kappa shape index (κ1) is 19.3. The average molecular weight is 348 g/mol. The summed E-state index contributed by atoms with van der Waals surface area (Å²) in [7, 11) is -3.87. The van der Waals surface area contributed by atoms with Crippen molar-refractivity contribution in [3.63, 3.8) is 0 Å². The molecule has 0 saturated carbocycles. The van der Waals surface area contributed by atoms with E-state index in [4.69, 9.17) is 0 Å². The molecule has 0 aliphatic carbocycles. The van der Waals surface area contributed by atoms with E-state index in [0.717, 1.165) is 28.8 Å². The van der Waals surface area contributed by atoms with Crippen molar-refractivity contribution in [2.24, 2.45) is 0 Å². The second-order valence-corrected chi connectivity index (χ2v) is 7.92. The molecule has 5 nitrogen and oxygen atoms in total. The monoisotopic (exact) mass is 348 g/mol. The first-order valence-electron chi connectivity index (χ1n) is 7.15. The summed E-state index contributed by atoms with van der Waals surface area (Å²) in [6, 6.07) is 1.59. The van der Waals surface area contributed by atoms with E-state index in [1.807, 2.05) is 6.92 Å². The highest BCUT2D eigenvalue weighted by molar-refractivity contribution is 7.92. The molecule has 1 aromatic rings. The van der Waals surface area contributed by atoms with Gasteiger partial charge in [0.1, 0.15) is 6.04 Å². The summed E-state index contributed by atoms with van der Waals surface area (Å²) in [5.41, 5.74) is -0.619. The Labute approximate surface area is 135 Å². The van der Waals surface area contributed by atoms with Gasteiger partial charge in [-0.25, -0.2) is 17.2 Å². The molecule has 8 heteroatoms. The van der Waals surface area contributed by atoms with Crippen LogP contribution >= 0.6 is 0 Å². The third-order valence-corrected chi connectivity index (χ3v) is 4.83. The zero-order valence-electron chi connectivity index (χ0n) is 13.9. The Balaban J connectivity index is 3.22. The van der Waals surface area contributed by atoms with Crippen molar-refractivity contribution in [2.45, 2.75) is 45.7 Å². The van der Waals surface area contributed by atoms with E-state index in [9.17, 15) is 22.0 Å². The number of nitrogens with zero attached hydrogens (tertiary/aromatic N) is 1. The van der Waals surface area contributed by atoms with Crippen molar-refractivity contribution in [1.29, 1.82) is 0 Å². The second kappa shape index (κ2) is 6.82. The molecule has 0 radical (unpaired) electrons. The fourth-order valence-electron chi connectivity index (χ4n) is 1.96. The number of carbonyl (C=O) groups excluding carboxylic acids is 1. The highest BCUT2D eigenvalue weighted by atomic mass is 32.2. The molecule has 0 aliphatic heterocycles. The highest BCUT2D eigenvalue weighted by Crippen LogP contribution is 2.23. The SMILES string of the molecule is CCC(C)(C)NC(=O)C(C)N(c1ccc(F)c(F)c1)S(C)(=O)=O. The van der Waals surface area contributed by atoms with Gasteiger partial charge in [-0.2, -0.15) is 0 Å². The van der Waals surface area contributed by atoms with Crippen LogP contribution in [-0.2, 0) is 14.8 Å². The van der Waals surface area contributed by atoms with E-state index in [1.54, 1.807) is 13.8 Å². The van der Waals surface area contributed by atoms with Crippen molar-refractivity contribution in [3.8, 4) is 0 Å². The number of hydrogen-bond donors (Lipinski definition) is 1. The van der Waals surface area contributed by atoms with Crippen LogP contribution in [0.4, 0.5) is 14.5 Å². The summed E-state index contributed by atoms with van der Waals surface area (Å²) >= 11 is 0. The lowest BCUT2D eigenvalue weighted by molar-refractivity contribution is -0.123. The number of amides is 1. The molecule has 1 amide bonds. The van der Waals surface area contributed by atoms with E-state index in [0.29, 0.717) is 6.42 Å². The van der Waals surface area contributed by atoms with E-state index < -0.39 is 39.1 Å². The molecule has 1 atom stereocenters. The molecule has 23 heavy (non-hydrogen) atoms. The van der Waals surface area contributed by atoms with Gasteiger partial charge >= 0.3 is 0 Å². The van der Waals surface area contributed by atoms with Crippen molar-refractivity contribution in [3.05, 3.63) is 29.8 Å². The van der Waals surface area contributed by atoms with Gasteiger partial charge in [0.2, 0.25) is 15.9 Å². The summed E-state index contributed by atoms with van der Waals surface area (Å²) in [6.45, 7) is 6.89. The molecule has 0 aliphatic rings. The minimum Gasteiger partial charge on any atom is -0.349 e. The number of anilines is 1. The third kappa shape index (κ3) is 4.89. The van der Waals surface area contributed by atoms with Crippen LogP contribution in [0.5, 0.6) is 0 Å². The van der Waals surface area contributed by atoms with E-state index >= 15 is 0 Å². The molecule has 1 unspecified atom stereocenters. The van der Waals surface area contributed by atoms with Crippen LogP contribution in [0.25, 0.3) is 0 Å².